The van der Waals surface area contributed by atoms with Gasteiger partial charge in [0.1, 0.15) is 0 Å². The summed E-state index contributed by atoms with van der Waals surface area (Å²) >= 11 is 0. The third-order valence-corrected chi connectivity index (χ3v) is 21.3. The average molecular weight is 729 g/mol. The van der Waals surface area contributed by atoms with E-state index in [1.165, 1.54) is 42.6 Å². The Morgan fingerprint density at radius 1 is 0.340 bits per heavy atom. The largest absolute Gasteiger partial charge is 0.441 e. The molecule has 8 rings (SSSR count). The average Bonchev–Trinajstić information content (AvgIpc) is 3.87. The molecule has 0 aliphatic heterocycles. The van der Waals surface area contributed by atoms with Crippen molar-refractivity contribution < 1.29 is 4.12 Å². The van der Waals surface area contributed by atoms with E-state index in [1.807, 2.05) is 36.7 Å². The molecule has 0 amide bonds. The van der Waals surface area contributed by atoms with Crippen molar-refractivity contribution in [1.82, 2.24) is 9.97 Å². The molecule has 8 aromatic rings. The van der Waals surface area contributed by atoms with Crippen LogP contribution < -0.4 is 20.7 Å². The quantitative estimate of drug-likeness (QED) is 0.165. The summed E-state index contributed by atoms with van der Waals surface area (Å²) in [6.07, 6.45) is 3.90. The fraction of sp³-hybridized carbons (Fsp3) is 0.167. The Hall–Kier alpha value is -5.21. The fourth-order valence-electron chi connectivity index (χ4n) is 7.52. The first-order chi connectivity index (χ1) is 25.6. The minimum atomic E-state index is -2.80. The molecule has 2 heterocycles. The summed E-state index contributed by atoms with van der Waals surface area (Å²) in [5.41, 5.74) is 2.41. The highest BCUT2D eigenvalue weighted by atomic mass is 28.4. The van der Waals surface area contributed by atoms with E-state index >= 15 is 0 Å². The highest BCUT2D eigenvalue weighted by Crippen LogP contribution is 2.44. The lowest BCUT2D eigenvalue weighted by molar-refractivity contribution is 0.475. The first kappa shape index (κ1) is 37.5. The smallest absolute Gasteiger partial charge is 0.251 e. The fourth-order valence-corrected chi connectivity index (χ4v) is 20.5. The van der Waals surface area contributed by atoms with Crippen LogP contribution in [0.3, 0.4) is 0 Å². The molecule has 3 nitrogen and oxygen atoms in total. The zero-order valence-corrected chi connectivity index (χ0v) is 33.9. The summed E-state index contributed by atoms with van der Waals surface area (Å²) in [6.45, 7) is 14.2. The molecule has 268 valence electrons. The van der Waals surface area contributed by atoms with Crippen LogP contribution in [-0.4, -0.2) is 26.6 Å². The number of aromatic nitrogens is 2. The van der Waals surface area contributed by atoms with Gasteiger partial charge in [0.2, 0.25) is 0 Å². The number of hydrogen-bond donors (Lipinski definition) is 2. The lowest BCUT2D eigenvalue weighted by Gasteiger charge is -2.53. The third kappa shape index (κ3) is 7.93. The Morgan fingerprint density at radius 3 is 0.868 bits per heavy atom. The second-order valence-electron chi connectivity index (χ2n) is 15.6. The van der Waals surface area contributed by atoms with Gasteiger partial charge >= 0.3 is 0 Å². The number of H-pyrrole nitrogens is 2. The van der Waals surface area contributed by atoms with E-state index in [4.69, 9.17) is 4.12 Å². The Bertz CT molecular complexity index is 1980. The van der Waals surface area contributed by atoms with Gasteiger partial charge in [0, 0.05) is 23.4 Å². The molecule has 2 N–H and O–H groups in total. The van der Waals surface area contributed by atoms with E-state index in [1.54, 1.807) is 0 Å². The van der Waals surface area contributed by atoms with Crippen LogP contribution in [0.2, 0.25) is 10.1 Å². The van der Waals surface area contributed by atoms with E-state index in [0.29, 0.717) is 0 Å². The van der Waals surface area contributed by atoms with E-state index in [-0.39, 0.29) is 10.1 Å². The zero-order valence-electron chi connectivity index (χ0n) is 31.9. The van der Waals surface area contributed by atoms with Gasteiger partial charge < -0.3 is 14.1 Å². The molecule has 0 fully saturated rings. The Kier molecular flexibility index (Phi) is 11.5. The van der Waals surface area contributed by atoms with Crippen molar-refractivity contribution in [2.24, 2.45) is 0 Å². The second kappa shape index (κ2) is 16.2. The number of nitrogens with one attached hydrogen (secondary N) is 2. The number of fused-ring (bicyclic) bond motifs is 2. The standard InChI is InChI=1S/C32H38OSi2.2C8H7N/c1-31(2,3)34(27-19-11-7-12-20-27,28-21-13-8-14-22-28)33-35(32(4,5)6,29-23-15-9-16-24-29)30-25-17-10-18-26-30;2*1-2-4-8-7(3-1)5-6-9-8/h7-26H,1-6H3;2*1-6,9H. The summed E-state index contributed by atoms with van der Waals surface area (Å²) in [5, 5.41) is 7.66. The van der Waals surface area contributed by atoms with E-state index in [0.717, 1.165) is 0 Å². The molecule has 0 spiro atoms. The maximum absolute atomic E-state index is 8.18. The molecule has 0 saturated carbocycles. The van der Waals surface area contributed by atoms with Gasteiger partial charge in [-0.2, -0.15) is 0 Å². The number of rotatable bonds is 6. The van der Waals surface area contributed by atoms with Crippen molar-refractivity contribution in [3.63, 3.8) is 0 Å². The molecular formula is C48H52N2OSi2. The van der Waals surface area contributed by atoms with E-state index < -0.39 is 16.6 Å². The van der Waals surface area contributed by atoms with Gasteiger partial charge in [-0.25, -0.2) is 0 Å². The van der Waals surface area contributed by atoms with Crippen molar-refractivity contribution in [2.75, 3.05) is 0 Å². The molecule has 0 aliphatic carbocycles. The van der Waals surface area contributed by atoms with Crippen LogP contribution in [0.1, 0.15) is 41.5 Å². The normalized spacial score (nSPS) is 12.0. The van der Waals surface area contributed by atoms with Gasteiger partial charge in [-0.05, 0) is 65.9 Å². The molecule has 0 aliphatic rings. The molecule has 53 heavy (non-hydrogen) atoms. The molecule has 5 heteroatoms. The van der Waals surface area contributed by atoms with Crippen LogP contribution in [-0.2, 0) is 4.12 Å². The molecule has 0 unspecified atom stereocenters. The Balaban J connectivity index is 0.000000213. The summed E-state index contributed by atoms with van der Waals surface area (Å²) < 4.78 is 8.18. The highest BCUT2D eigenvalue weighted by Gasteiger charge is 2.60. The predicted molar refractivity (Wildman–Crippen MR) is 233 cm³/mol. The number of para-hydroxylation sites is 2. The molecule has 0 bridgehead atoms. The first-order valence-corrected chi connectivity index (χ1v) is 22.3. The maximum Gasteiger partial charge on any atom is 0.251 e. The minimum absolute atomic E-state index is 0.0945. The third-order valence-electron chi connectivity index (χ3n) is 10.1. The van der Waals surface area contributed by atoms with Crippen LogP contribution in [0, 0.1) is 0 Å². The van der Waals surface area contributed by atoms with Crippen molar-refractivity contribution >= 4 is 59.2 Å². The first-order valence-electron chi connectivity index (χ1n) is 18.5. The lowest BCUT2D eigenvalue weighted by Crippen LogP contribution is -2.78. The summed E-state index contributed by atoms with van der Waals surface area (Å²) in [4.78, 5) is 6.24. The van der Waals surface area contributed by atoms with Crippen molar-refractivity contribution in [1.29, 1.82) is 0 Å². The number of hydrogen-bond acceptors (Lipinski definition) is 1. The van der Waals surface area contributed by atoms with E-state index in [9.17, 15) is 0 Å². The molecule has 0 radical (unpaired) electrons. The number of benzene rings is 6. The summed E-state index contributed by atoms with van der Waals surface area (Å²) in [6, 6.07) is 64.7. The van der Waals surface area contributed by atoms with Gasteiger partial charge in [0.25, 0.3) is 16.6 Å². The van der Waals surface area contributed by atoms with Gasteiger partial charge in [-0.1, -0.05) is 199 Å². The summed E-state index contributed by atoms with van der Waals surface area (Å²) in [7, 11) is -5.60. The molecule has 6 aromatic carbocycles. The van der Waals surface area contributed by atoms with Crippen molar-refractivity contribution in [3.05, 3.63) is 194 Å². The Morgan fingerprint density at radius 2 is 0.604 bits per heavy atom. The lowest BCUT2D eigenvalue weighted by atomic mass is 10.2. The van der Waals surface area contributed by atoms with Crippen LogP contribution in [0.4, 0.5) is 0 Å². The summed E-state index contributed by atoms with van der Waals surface area (Å²) in [5.74, 6) is 0. The highest BCUT2D eigenvalue weighted by molar-refractivity contribution is 7.11. The predicted octanol–water partition coefficient (Wildman–Crippen LogP) is 10.5. The molecular weight excluding hydrogens is 677 g/mol. The maximum atomic E-state index is 8.18. The topological polar surface area (TPSA) is 40.8 Å². The molecule has 0 saturated heterocycles. The monoisotopic (exact) mass is 728 g/mol. The van der Waals surface area contributed by atoms with Crippen LogP contribution in [0.5, 0.6) is 0 Å². The number of aromatic amines is 2. The van der Waals surface area contributed by atoms with Gasteiger partial charge in [0.05, 0.1) is 0 Å². The van der Waals surface area contributed by atoms with Gasteiger partial charge in [-0.3, -0.25) is 0 Å². The second-order valence-corrected chi connectivity index (χ2v) is 24.4. The van der Waals surface area contributed by atoms with E-state index in [2.05, 4.69) is 209 Å². The van der Waals surface area contributed by atoms with Crippen molar-refractivity contribution in [3.8, 4) is 0 Å². The van der Waals surface area contributed by atoms with Crippen LogP contribution in [0.15, 0.2) is 194 Å². The van der Waals surface area contributed by atoms with Crippen molar-refractivity contribution in [2.45, 2.75) is 51.6 Å². The molecule has 0 atom stereocenters. The van der Waals surface area contributed by atoms with Gasteiger partial charge in [-0.15, -0.1) is 0 Å². The van der Waals surface area contributed by atoms with Crippen LogP contribution >= 0.6 is 0 Å². The Labute approximate surface area is 318 Å². The molecule has 2 aromatic heterocycles. The SMILES string of the molecule is CC(C)(C)[Si](O[Si](c1ccccc1)(c1ccccc1)C(C)(C)C)(c1ccccc1)c1ccccc1.c1ccc2[nH]ccc2c1.c1ccc2[nH]ccc2c1. The zero-order chi connectivity index (χ0) is 37.4. The minimum Gasteiger partial charge on any atom is -0.441 e. The van der Waals surface area contributed by atoms with Gasteiger partial charge in [0.15, 0.2) is 0 Å². The van der Waals surface area contributed by atoms with Crippen LogP contribution in [0.25, 0.3) is 21.8 Å².